The topological polar surface area (TPSA) is 42.7 Å². The maximum atomic E-state index is 4.23. The van der Waals surface area contributed by atoms with Crippen LogP contribution in [0.4, 0.5) is 5.82 Å². The van der Waals surface area contributed by atoms with Gasteiger partial charge in [-0.25, -0.2) is 4.98 Å². The summed E-state index contributed by atoms with van der Waals surface area (Å²) in [5.74, 6) is 0.892. The van der Waals surface area contributed by atoms with Crippen LogP contribution in [0.3, 0.4) is 0 Å². The molecule has 2 aromatic rings. The Labute approximate surface area is 103 Å². The van der Waals surface area contributed by atoms with Crippen molar-refractivity contribution in [2.24, 2.45) is 0 Å². The fourth-order valence-corrected chi connectivity index (χ4v) is 1.79. The SMILES string of the molecule is Brc1cccnc1NCCCn1cccn1. The Bertz CT molecular complexity index is 427. The van der Waals surface area contributed by atoms with E-state index >= 15 is 0 Å². The summed E-state index contributed by atoms with van der Waals surface area (Å²) < 4.78 is 2.92. The summed E-state index contributed by atoms with van der Waals surface area (Å²) in [4.78, 5) is 4.23. The van der Waals surface area contributed by atoms with Crippen LogP contribution in [0.15, 0.2) is 41.3 Å². The molecule has 0 bridgehead atoms. The van der Waals surface area contributed by atoms with Gasteiger partial charge in [0.1, 0.15) is 5.82 Å². The highest BCUT2D eigenvalue weighted by Gasteiger charge is 1.98. The number of pyridine rings is 1. The van der Waals surface area contributed by atoms with Gasteiger partial charge in [0.15, 0.2) is 0 Å². The lowest BCUT2D eigenvalue weighted by atomic mass is 10.4. The van der Waals surface area contributed by atoms with E-state index in [-0.39, 0.29) is 0 Å². The molecule has 0 amide bonds. The van der Waals surface area contributed by atoms with E-state index in [2.05, 4.69) is 31.3 Å². The maximum absolute atomic E-state index is 4.23. The summed E-state index contributed by atoms with van der Waals surface area (Å²) in [5.41, 5.74) is 0. The molecule has 4 nitrogen and oxygen atoms in total. The van der Waals surface area contributed by atoms with Crippen molar-refractivity contribution in [3.63, 3.8) is 0 Å². The molecule has 2 aromatic heterocycles. The zero-order valence-electron chi connectivity index (χ0n) is 8.81. The summed E-state index contributed by atoms with van der Waals surface area (Å²) >= 11 is 3.44. The van der Waals surface area contributed by atoms with Crippen molar-refractivity contribution in [2.45, 2.75) is 13.0 Å². The van der Waals surface area contributed by atoms with Crippen LogP contribution in [-0.4, -0.2) is 21.3 Å². The molecule has 0 atom stereocenters. The Hall–Kier alpha value is -1.36. The van der Waals surface area contributed by atoms with E-state index in [9.17, 15) is 0 Å². The Balaban J connectivity index is 1.74. The third-order valence-electron chi connectivity index (χ3n) is 2.17. The van der Waals surface area contributed by atoms with Gasteiger partial charge in [0, 0.05) is 31.7 Å². The smallest absolute Gasteiger partial charge is 0.140 e. The van der Waals surface area contributed by atoms with Crippen molar-refractivity contribution in [1.29, 1.82) is 0 Å². The highest BCUT2D eigenvalue weighted by Crippen LogP contribution is 2.17. The van der Waals surface area contributed by atoms with Crippen LogP contribution in [0, 0.1) is 0 Å². The van der Waals surface area contributed by atoms with Gasteiger partial charge in [0.05, 0.1) is 4.47 Å². The minimum absolute atomic E-state index is 0.884. The van der Waals surface area contributed by atoms with E-state index < -0.39 is 0 Å². The highest BCUT2D eigenvalue weighted by molar-refractivity contribution is 9.10. The number of aromatic nitrogens is 3. The third kappa shape index (κ3) is 3.06. The molecule has 0 radical (unpaired) electrons. The summed E-state index contributed by atoms with van der Waals surface area (Å²) in [6.45, 7) is 1.81. The first-order chi connectivity index (χ1) is 7.86. The summed E-state index contributed by atoms with van der Waals surface area (Å²) in [6.07, 6.45) is 6.56. The molecule has 0 aliphatic carbocycles. The Kier molecular flexibility index (Phi) is 3.93. The third-order valence-corrected chi connectivity index (χ3v) is 2.81. The zero-order chi connectivity index (χ0) is 11.2. The predicted octanol–water partition coefficient (Wildman–Crippen LogP) is 2.54. The average Bonchev–Trinajstić information content (AvgIpc) is 2.79. The first-order valence-electron chi connectivity index (χ1n) is 5.18. The molecule has 1 N–H and O–H groups in total. The molecule has 5 heteroatoms. The van der Waals surface area contributed by atoms with Gasteiger partial charge in [-0.3, -0.25) is 4.68 Å². The second kappa shape index (κ2) is 5.65. The van der Waals surface area contributed by atoms with Gasteiger partial charge in [0.2, 0.25) is 0 Å². The molecule has 0 fully saturated rings. The molecule has 84 valence electrons. The van der Waals surface area contributed by atoms with Crippen LogP contribution < -0.4 is 5.32 Å². The van der Waals surface area contributed by atoms with Gasteiger partial charge >= 0.3 is 0 Å². The first-order valence-corrected chi connectivity index (χ1v) is 5.97. The Morgan fingerprint density at radius 1 is 1.31 bits per heavy atom. The van der Waals surface area contributed by atoms with Gasteiger partial charge in [-0.1, -0.05) is 0 Å². The lowest BCUT2D eigenvalue weighted by Gasteiger charge is -2.06. The van der Waals surface area contributed by atoms with Crippen molar-refractivity contribution >= 4 is 21.7 Å². The largest absolute Gasteiger partial charge is 0.369 e. The lowest BCUT2D eigenvalue weighted by molar-refractivity contribution is 0.591. The van der Waals surface area contributed by atoms with Crippen LogP contribution in [0.25, 0.3) is 0 Å². The molecular formula is C11H13BrN4. The molecule has 16 heavy (non-hydrogen) atoms. The minimum Gasteiger partial charge on any atom is -0.369 e. The number of aryl methyl sites for hydroxylation is 1. The van der Waals surface area contributed by atoms with Crippen LogP contribution in [0.5, 0.6) is 0 Å². The molecule has 0 aliphatic rings. The predicted molar refractivity (Wildman–Crippen MR) is 67.3 cm³/mol. The average molecular weight is 281 g/mol. The van der Waals surface area contributed by atoms with Gasteiger partial charge < -0.3 is 5.32 Å². The van der Waals surface area contributed by atoms with E-state index in [1.54, 1.807) is 12.4 Å². The standard InChI is InChI=1S/C11H13BrN4/c12-10-4-1-5-13-11(10)14-6-2-8-16-9-3-7-15-16/h1,3-5,7,9H,2,6,8H2,(H,13,14). The monoisotopic (exact) mass is 280 g/mol. The second-order valence-electron chi connectivity index (χ2n) is 3.38. The molecule has 2 rings (SSSR count). The van der Waals surface area contributed by atoms with Crippen molar-refractivity contribution < 1.29 is 0 Å². The van der Waals surface area contributed by atoms with Crippen molar-refractivity contribution in [2.75, 3.05) is 11.9 Å². The molecule has 0 unspecified atom stereocenters. The van der Waals surface area contributed by atoms with Crippen LogP contribution in [-0.2, 0) is 6.54 Å². The molecule has 2 heterocycles. The number of hydrogen-bond acceptors (Lipinski definition) is 3. The maximum Gasteiger partial charge on any atom is 0.140 e. The second-order valence-corrected chi connectivity index (χ2v) is 4.24. The number of rotatable bonds is 5. The summed E-state index contributed by atoms with van der Waals surface area (Å²) in [6, 6.07) is 5.81. The molecule has 0 saturated heterocycles. The normalized spacial score (nSPS) is 10.3. The number of nitrogens with one attached hydrogen (secondary N) is 1. The molecule has 0 spiro atoms. The zero-order valence-corrected chi connectivity index (χ0v) is 10.4. The molecule has 0 saturated carbocycles. The van der Waals surface area contributed by atoms with Crippen LogP contribution in [0.1, 0.15) is 6.42 Å². The summed E-state index contributed by atoms with van der Waals surface area (Å²) in [5, 5.41) is 7.42. The quantitative estimate of drug-likeness (QED) is 0.856. The van der Waals surface area contributed by atoms with E-state index in [0.717, 1.165) is 29.8 Å². The van der Waals surface area contributed by atoms with Crippen molar-refractivity contribution in [3.05, 3.63) is 41.3 Å². The van der Waals surface area contributed by atoms with E-state index in [1.807, 2.05) is 29.1 Å². The number of anilines is 1. The molecular weight excluding hydrogens is 268 g/mol. The first kappa shape index (κ1) is 11.1. The van der Waals surface area contributed by atoms with E-state index in [0.29, 0.717) is 0 Å². The highest BCUT2D eigenvalue weighted by atomic mass is 79.9. The molecule has 0 aliphatic heterocycles. The van der Waals surface area contributed by atoms with Crippen LogP contribution in [0.2, 0.25) is 0 Å². The van der Waals surface area contributed by atoms with E-state index in [1.165, 1.54) is 0 Å². The van der Waals surface area contributed by atoms with Gasteiger partial charge in [-0.05, 0) is 40.5 Å². The van der Waals surface area contributed by atoms with Gasteiger partial charge in [-0.15, -0.1) is 0 Å². The van der Waals surface area contributed by atoms with Crippen LogP contribution >= 0.6 is 15.9 Å². The van der Waals surface area contributed by atoms with Gasteiger partial charge in [0.25, 0.3) is 0 Å². The number of hydrogen-bond donors (Lipinski definition) is 1. The van der Waals surface area contributed by atoms with E-state index in [4.69, 9.17) is 0 Å². The summed E-state index contributed by atoms with van der Waals surface area (Å²) in [7, 11) is 0. The van der Waals surface area contributed by atoms with Crippen molar-refractivity contribution in [1.82, 2.24) is 14.8 Å². The Morgan fingerprint density at radius 3 is 3.00 bits per heavy atom. The molecule has 0 aromatic carbocycles. The Morgan fingerprint density at radius 2 is 2.25 bits per heavy atom. The number of halogens is 1. The fraction of sp³-hybridized carbons (Fsp3) is 0.273. The minimum atomic E-state index is 0.884. The fourth-order valence-electron chi connectivity index (χ4n) is 1.40. The number of nitrogens with zero attached hydrogens (tertiary/aromatic N) is 3. The van der Waals surface area contributed by atoms with Gasteiger partial charge in [-0.2, -0.15) is 5.10 Å². The lowest BCUT2D eigenvalue weighted by Crippen LogP contribution is -2.08. The van der Waals surface area contributed by atoms with Crippen molar-refractivity contribution in [3.8, 4) is 0 Å².